The topological polar surface area (TPSA) is 77.1 Å². The van der Waals surface area contributed by atoms with E-state index in [0.717, 1.165) is 31.6 Å². The summed E-state index contributed by atoms with van der Waals surface area (Å²) in [6.45, 7) is 5.77. The monoisotopic (exact) mass is 605 g/mol. The van der Waals surface area contributed by atoms with Crippen LogP contribution in [0.15, 0.2) is 91.0 Å². The van der Waals surface area contributed by atoms with Gasteiger partial charge in [0, 0.05) is 25.2 Å². The first-order chi connectivity index (χ1) is 21.8. The molecule has 3 saturated heterocycles. The van der Waals surface area contributed by atoms with Crippen molar-refractivity contribution in [2.45, 2.75) is 43.4 Å². The van der Waals surface area contributed by atoms with Gasteiger partial charge >= 0.3 is 0 Å². The van der Waals surface area contributed by atoms with E-state index in [-0.39, 0.29) is 0 Å². The van der Waals surface area contributed by atoms with Crippen LogP contribution in [0.25, 0.3) is 0 Å². The second kappa shape index (κ2) is 16.5. The Balaban J connectivity index is 1.14. The Morgan fingerprint density at radius 3 is 1.95 bits per heavy atom. The third kappa shape index (κ3) is 8.65. The van der Waals surface area contributed by atoms with Crippen LogP contribution in [0.4, 0.5) is 0 Å². The Morgan fingerprint density at radius 2 is 1.25 bits per heavy atom. The number of rotatable bonds is 6. The van der Waals surface area contributed by atoms with Gasteiger partial charge in [-0.05, 0) is 24.1 Å². The quantitative estimate of drug-likeness (QED) is 0.410. The SMILES string of the molecule is c1ccc(CCN2CCOCCO[C@@H]3[C@@H](OCCOCC2)[C@H](Oc2ccccc2)O[C@@H]2COC(c4ccccc4)O[C@@H]32)cc1. The van der Waals surface area contributed by atoms with Gasteiger partial charge in [-0.25, -0.2) is 0 Å². The zero-order valence-electron chi connectivity index (χ0n) is 25.1. The molecule has 6 rings (SSSR count). The Labute approximate surface area is 259 Å². The molecule has 9 nitrogen and oxygen atoms in total. The fourth-order valence-corrected chi connectivity index (χ4v) is 5.76. The molecule has 3 heterocycles. The van der Waals surface area contributed by atoms with E-state index in [1.165, 1.54) is 5.56 Å². The lowest BCUT2D eigenvalue weighted by atomic mass is 9.97. The van der Waals surface area contributed by atoms with Gasteiger partial charge in [-0.15, -0.1) is 0 Å². The third-order valence-electron chi connectivity index (χ3n) is 8.09. The van der Waals surface area contributed by atoms with Crippen molar-refractivity contribution in [3.63, 3.8) is 0 Å². The van der Waals surface area contributed by atoms with Crippen LogP contribution in [0.2, 0.25) is 0 Å². The Morgan fingerprint density at radius 1 is 0.614 bits per heavy atom. The summed E-state index contributed by atoms with van der Waals surface area (Å²) in [5, 5.41) is 0. The van der Waals surface area contributed by atoms with Crippen LogP contribution in [0.3, 0.4) is 0 Å². The van der Waals surface area contributed by atoms with Gasteiger partial charge in [0.15, 0.2) is 6.29 Å². The van der Waals surface area contributed by atoms with Gasteiger partial charge < -0.3 is 37.9 Å². The van der Waals surface area contributed by atoms with Crippen LogP contribution in [-0.4, -0.2) is 101 Å². The highest BCUT2D eigenvalue weighted by molar-refractivity contribution is 5.22. The maximum absolute atomic E-state index is 6.53. The van der Waals surface area contributed by atoms with Gasteiger partial charge in [-0.2, -0.15) is 0 Å². The molecule has 236 valence electrons. The minimum Gasteiger partial charge on any atom is -0.462 e. The first-order valence-electron chi connectivity index (χ1n) is 15.7. The van der Waals surface area contributed by atoms with Gasteiger partial charge in [0.2, 0.25) is 6.29 Å². The average molecular weight is 606 g/mol. The van der Waals surface area contributed by atoms with Crippen LogP contribution in [0, 0.1) is 0 Å². The van der Waals surface area contributed by atoms with Gasteiger partial charge in [0.1, 0.15) is 30.2 Å². The highest BCUT2D eigenvalue weighted by Gasteiger charge is 2.52. The lowest BCUT2D eigenvalue weighted by Gasteiger charge is -2.48. The number of nitrogens with zero attached hydrogens (tertiary/aromatic N) is 1. The molecule has 0 N–H and O–H groups in total. The number of benzene rings is 3. The fourth-order valence-electron chi connectivity index (χ4n) is 5.76. The van der Waals surface area contributed by atoms with E-state index in [1.54, 1.807) is 0 Å². The first kappa shape index (κ1) is 31.1. The molecule has 0 amide bonds. The van der Waals surface area contributed by atoms with E-state index >= 15 is 0 Å². The number of fused-ring (bicyclic) bond motifs is 3. The number of hydrogen-bond acceptors (Lipinski definition) is 9. The molecule has 3 aromatic rings. The zero-order chi connectivity index (χ0) is 29.8. The molecule has 0 saturated carbocycles. The van der Waals surface area contributed by atoms with Crippen molar-refractivity contribution < 1.29 is 37.9 Å². The second-order valence-electron chi connectivity index (χ2n) is 11.1. The van der Waals surface area contributed by atoms with Crippen molar-refractivity contribution in [2.75, 3.05) is 65.9 Å². The molecule has 1 unspecified atom stereocenters. The van der Waals surface area contributed by atoms with Crippen LogP contribution in [0.5, 0.6) is 5.75 Å². The molecular weight excluding hydrogens is 562 g/mol. The van der Waals surface area contributed by atoms with Gasteiger partial charge in [-0.1, -0.05) is 78.9 Å². The van der Waals surface area contributed by atoms with E-state index in [4.69, 9.17) is 37.9 Å². The van der Waals surface area contributed by atoms with Crippen molar-refractivity contribution in [1.29, 1.82) is 0 Å². The van der Waals surface area contributed by atoms with E-state index < -0.39 is 37.0 Å². The minimum atomic E-state index is -0.728. The predicted molar refractivity (Wildman–Crippen MR) is 163 cm³/mol. The molecular formula is C35H43NO8. The van der Waals surface area contributed by atoms with Gasteiger partial charge in [0.05, 0.1) is 46.2 Å². The minimum absolute atomic E-state index is 0.337. The summed E-state index contributed by atoms with van der Waals surface area (Å²) in [6.07, 6.45) is -2.15. The summed E-state index contributed by atoms with van der Waals surface area (Å²) in [4.78, 5) is 2.38. The van der Waals surface area contributed by atoms with Gasteiger partial charge in [0.25, 0.3) is 0 Å². The maximum Gasteiger partial charge on any atom is 0.229 e. The Kier molecular flexibility index (Phi) is 11.6. The lowest BCUT2D eigenvalue weighted by molar-refractivity contribution is -0.360. The normalized spacial score (nSPS) is 29.4. The molecule has 0 aliphatic carbocycles. The number of hydrogen-bond donors (Lipinski definition) is 0. The van der Waals surface area contributed by atoms with E-state index in [1.807, 2.05) is 66.7 Å². The molecule has 3 aliphatic heterocycles. The fraction of sp³-hybridized carbons (Fsp3) is 0.486. The van der Waals surface area contributed by atoms with Crippen LogP contribution >= 0.6 is 0 Å². The third-order valence-corrected chi connectivity index (χ3v) is 8.09. The molecule has 6 atom stereocenters. The Bertz CT molecular complexity index is 1220. The van der Waals surface area contributed by atoms with Gasteiger partial charge in [-0.3, -0.25) is 4.90 Å². The molecule has 0 radical (unpaired) electrons. The smallest absolute Gasteiger partial charge is 0.229 e. The van der Waals surface area contributed by atoms with Crippen molar-refractivity contribution in [3.05, 3.63) is 102 Å². The molecule has 3 fully saturated rings. The maximum atomic E-state index is 6.53. The van der Waals surface area contributed by atoms with Crippen LogP contribution in [-0.2, 0) is 39.6 Å². The second-order valence-corrected chi connectivity index (χ2v) is 11.1. The molecule has 9 heteroatoms. The first-order valence-corrected chi connectivity index (χ1v) is 15.7. The van der Waals surface area contributed by atoms with E-state index in [9.17, 15) is 0 Å². The van der Waals surface area contributed by atoms with Crippen LogP contribution < -0.4 is 4.74 Å². The highest BCUT2D eigenvalue weighted by atomic mass is 16.8. The van der Waals surface area contributed by atoms with Crippen molar-refractivity contribution in [1.82, 2.24) is 4.90 Å². The predicted octanol–water partition coefficient (Wildman–Crippen LogP) is 4.27. The molecule has 3 aromatic carbocycles. The molecule has 44 heavy (non-hydrogen) atoms. The molecule has 0 aromatic heterocycles. The molecule has 3 aliphatic rings. The summed E-state index contributed by atoms with van der Waals surface area (Å²) in [7, 11) is 0. The highest BCUT2D eigenvalue weighted by Crippen LogP contribution is 2.37. The number of para-hydroxylation sites is 1. The summed E-state index contributed by atoms with van der Waals surface area (Å²) in [5.41, 5.74) is 2.27. The van der Waals surface area contributed by atoms with E-state index in [2.05, 4.69) is 29.2 Å². The lowest BCUT2D eigenvalue weighted by Crippen LogP contribution is -2.64. The van der Waals surface area contributed by atoms with Crippen molar-refractivity contribution in [3.8, 4) is 5.75 Å². The summed E-state index contributed by atoms with van der Waals surface area (Å²) in [5.74, 6) is 0.684. The Hall–Kier alpha value is -2.86. The average Bonchev–Trinajstić information content (AvgIpc) is 3.08. The molecule has 0 bridgehead atoms. The van der Waals surface area contributed by atoms with Crippen molar-refractivity contribution in [2.24, 2.45) is 0 Å². The summed E-state index contributed by atoms with van der Waals surface area (Å²) < 4.78 is 50.5. The zero-order valence-corrected chi connectivity index (χ0v) is 25.1. The van der Waals surface area contributed by atoms with Crippen molar-refractivity contribution >= 4 is 0 Å². The summed E-state index contributed by atoms with van der Waals surface area (Å²) in [6, 6.07) is 30.1. The van der Waals surface area contributed by atoms with Crippen LogP contribution in [0.1, 0.15) is 17.4 Å². The summed E-state index contributed by atoms with van der Waals surface area (Å²) >= 11 is 0. The standard InChI is InChI=1S/C35H43NO8/c1-4-10-27(11-5-1)16-17-36-18-20-37-22-24-39-32-31-30(26-41-34(44-31)28-12-6-2-7-13-28)43-35(42-29-14-8-3-9-15-29)33(32)40-25-23-38-21-19-36/h1-15,30-35H,16-26H2/t30-,31-,32+,33-,34?,35-/m1/s1. The number of ether oxygens (including phenoxy) is 8. The van der Waals surface area contributed by atoms with E-state index in [0.29, 0.717) is 52.0 Å². The molecule has 0 spiro atoms. The largest absolute Gasteiger partial charge is 0.462 e.